The molecular formula is C21H36N4O3. The Labute approximate surface area is 169 Å². The molecule has 1 aromatic carbocycles. The van der Waals surface area contributed by atoms with Crippen LogP contribution in [0.4, 0.5) is 0 Å². The van der Waals surface area contributed by atoms with Crippen molar-refractivity contribution >= 4 is 5.96 Å². The molecule has 0 aromatic heterocycles. The van der Waals surface area contributed by atoms with Crippen molar-refractivity contribution < 1.29 is 14.2 Å². The topological polar surface area (TPSA) is 67.4 Å². The highest BCUT2D eigenvalue weighted by Crippen LogP contribution is 2.39. The van der Waals surface area contributed by atoms with Gasteiger partial charge in [-0.3, -0.25) is 4.99 Å². The molecule has 0 unspecified atom stereocenters. The number of hydrogen-bond donors (Lipinski definition) is 2. The van der Waals surface area contributed by atoms with Crippen molar-refractivity contribution in [3.8, 4) is 17.2 Å². The van der Waals surface area contributed by atoms with Crippen molar-refractivity contribution in [2.45, 2.75) is 45.2 Å². The maximum absolute atomic E-state index is 5.56. The molecule has 1 saturated heterocycles. The maximum Gasteiger partial charge on any atom is 0.203 e. The van der Waals surface area contributed by atoms with Gasteiger partial charge in [0.05, 0.1) is 21.3 Å². The molecule has 0 radical (unpaired) electrons. The molecular weight excluding hydrogens is 356 g/mol. The van der Waals surface area contributed by atoms with Crippen LogP contribution in [0.3, 0.4) is 0 Å². The number of aliphatic imine (C=N–C) groups is 1. The molecule has 158 valence electrons. The monoisotopic (exact) mass is 392 g/mol. The predicted octanol–water partition coefficient (Wildman–Crippen LogP) is 2.29. The van der Waals surface area contributed by atoms with Crippen LogP contribution in [-0.2, 0) is 6.42 Å². The number of ether oxygens (including phenoxy) is 3. The quantitative estimate of drug-likeness (QED) is 0.523. The molecule has 28 heavy (non-hydrogen) atoms. The summed E-state index contributed by atoms with van der Waals surface area (Å²) in [6.07, 6.45) is 3.07. The highest BCUT2D eigenvalue weighted by molar-refractivity contribution is 5.80. The van der Waals surface area contributed by atoms with E-state index in [9.17, 15) is 0 Å². The molecule has 2 rings (SSSR count). The molecule has 0 saturated carbocycles. The third-order valence-electron chi connectivity index (χ3n) is 5.30. The number of guanidine groups is 1. The van der Waals surface area contributed by atoms with Crippen molar-refractivity contribution in [2.75, 3.05) is 48.0 Å². The average molecular weight is 393 g/mol. The lowest BCUT2D eigenvalue weighted by Crippen LogP contribution is -2.50. The standard InChI is InChI=1S/C21H36N4O3/c1-15(2)25-13-10-17(11-14-25)24-21(22-3)23-12-9-16-7-8-18(26-4)20(28-6)19(16)27-5/h7-8,15,17H,9-14H2,1-6H3,(H2,22,23,24). The molecule has 1 heterocycles. The summed E-state index contributed by atoms with van der Waals surface area (Å²) in [5.74, 6) is 2.86. The first-order valence-electron chi connectivity index (χ1n) is 10.0. The van der Waals surface area contributed by atoms with E-state index in [1.807, 2.05) is 19.2 Å². The third-order valence-corrected chi connectivity index (χ3v) is 5.30. The number of likely N-dealkylation sites (tertiary alicyclic amines) is 1. The number of nitrogens with one attached hydrogen (secondary N) is 2. The van der Waals surface area contributed by atoms with Gasteiger partial charge >= 0.3 is 0 Å². The highest BCUT2D eigenvalue weighted by atomic mass is 16.5. The van der Waals surface area contributed by atoms with Crippen LogP contribution in [-0.4, -0.2) is 71.0 Å². The van der Waals surface area contributed by atoms with Crippen LogP contribution in [0.15, 0.2) is 17.1 Å². The van der Waals surface area contributed by atoms with Crippen LogP contribution in [0.25, 0.3) is 0 Å². The Morgan fingerprint density at radius 3 is 2.32 bits per heavy atom. The van der Waals surface area contributed by atoms with Crippen molar-refractivity contribution in [1.29, 1.82) is 0 Å². The summed E-state index contributed by atoms with van der Waals surface area (Å²) in [5, 5.41) is 6.97. The molecule has 0 atom stereocenters. The minimum absolute atomic E-state index is 0.469. The fourth-order valence-electron chi connectivity index (χ4n) is 3.62. The number of rotatable bonds is 8. The second-order valence-electron chi connectivity index (χ2n) is 7.29. The molecule has 1 fully saturated rings. The van der Waals surface area contributed by atoms with Crippen LogP contribution < -0.4 is 24.8 Å². The summed E-state index contributed by atoms with van der Waals surface area (Å²) in [7, 11) is 6.71. The van der Waals surface area contributed by atoms with E-state index in [2.05, 4.69) is 34.4 Å². The number of nitrogens with zero attached hydrogens (tertiary/aromatic N) is 2. The molecule has 1 aliphatic rings. The zero-order valence-corrected chi connectivity index (χ0v) is 18.2. The van der Waals surface area contributed by atoms with Gasteiger partial charge in [0.25, 0.3) is 0 Å². The average Bonchev–Trinajstić information content (AvgIpc) is 2.72. The Bertz CT molecular complexity index is 641. The first-order chi connectivity index (χ1) is 13.5. The number of methoxy groups -OCH3 is 3. The van der Waals surface area contributed by atoms with E-state index in [1.165, 1.54) is 0 Å². The minimum atomic E-state index is 0.469. The van der Waals surface area contributed by atoms with Gasteiger partial charge in [0.2, 0.25) is 5.75 Å². The molecule has 2 N–H and O–H groups in total. The van der Waals surface area contributed by atoms with E-state index in [-0.39, 0.29) is 0 Å². The van der Waals surface area contributed by atoms with Gasteiger partial charge in [0, 0.05) is 44.3 Å². The van der Waals surface area contributed by atoms with Crippen LogP contribution >= 0.6 is 0 Å². The molecule has 1 aliphatic heterocycles. The van der Waals surface area contributed by atoms with Crippen molar-refractivity contribution in [3.63, 3.8) is 0 Å². The molecule has 0 bridgehead atoms. The van der Waals surface area contributed by atoms with E-state index >= 15 is 0 Å². The summed E-state index contributed by atoms with van der Waals surface area (Å²) in [5.41, 5.74) is 1.06. The number of piperidine rings is 1. The normalized spacial score (nSPS) is 16.2. The molecule has 0 spiro atoms. The van der Waals surface area contributed by atoms with Gasteiger partial charge < -0.3 is 29.7 Å². The molecule has 1 aromatic rings. The lowest BCUT2D eigenvalue weighted by atomic mass is 10.0. The molecule has 0 aliphatic carbocycles. The Morgan fingerprint density at radius 2 is 1.79 bits per heavy atom. The summed E-state index contributed by atoms with van der Waals surface area (Å²) in [6.45, 7) is 7.54. The first kappa shape index (κ1) is 22.1. The van der Waals surface area contributed by atoms with Crippen LogP contribution in [0.2, 0.25) is 0 Å². The van der Waals surface area contributed by atoms with Gasteiger partial charge in [-0.2, -0.15) is 0 Å². The Hall–Kier alpha value is -2.15. The lowest BCUT2D eigenvalue weighted by Gasteiger charge is -2.35. The molecule has 0 amide bonds. The van der Waals surface area contributed by atoms with Crippen molar-refractivity contribution in [1.82, 2.24) is 15.5 Å². The van der Waals surface area contributed by atoms with Gasteiger partial charge in [-0.15, -0.1) is 0 Å². The van der Waals surface area contributed by atoms with Crippen molar-refractivity contribution in [2.24, 2.45) is 4.99 Å². The third kappa shape index (κ3) is 5.67. The Balaban J connectivity index is 1.88. The SMILES string of the molecule is CN=C(NCCc1ccc(OC)c(OC)c1OC)NC1CCN(C(C)C)CC1. The summed E-state index contributed by atoms with van der Waals surface area (Å²) in [6, 6.07) is 5.01. The zero-order chi connectivity index (χ0) is 20.5. The number of hydrogen-bond acceptors (Lipinski definition) is 5. The van der Waals surface area contributed by atoms with Crippen molar-refractivity contribution in [3.05, 3.63) is 17.7 Å². The smallest absolute Gasteiger partial charge is 0.203 e. The maximum atomic E-state index is 5.56. The van der Waals surface area contributed by atoms with Crippen LogP contribution in [0.5, 0.6) is 17.2 Å². The fourth-order valence-corrected chi connectivity index (χ4v) is 3.62. The van der Waals surface area contributed by atoms with Crippen LogP contribution in [0.1, 0.15) is 32.3 Å². The summed E-state index contributed by atoms with van der Waals surface area (Å²) in [4.78, 5) is 6.90. The van der Waals surface area contributed by atoms with Gasteiger partial charge in [0.15, 0.2) is 17.5 Å². The Kier molecular flexibility index (Phi) is 8.70. The lowest BCUT2D eigenvalue weighted by molar-refractivity contribution is 0.167. The van der Waals surface area contributed by atoms with Gasteiger partial charge in [-0.05, 0) is 39.2 Å². The van der Waals surface area contributed by atoms with Crippen LogP contribution in [0, 0.1) is 0 Å². The second kappa shape index (κ2) is 11.0. The van der Waals surface area contributed by atoms with E-state index in [1.54, 1.807) is 21.3 Å². The summed E-state index contributed by atoms with van der Waals surface area (Å²) >= 11 is 0. The van der Waals surface area contributed by atoms with Gasteiger partial charge in [0.1, 0.15) is 0 Å². The fraction of sp³-hybridized carbons (Fsp3) is 0.667. The van der Waals surface area contributed by atoms with E-state index < -0.39 is 0 Å². The largest absolute Gasteiger partial charge is 0.493 e. The van der Waals surface area contributed by atoms with E-state index in [0.29, 0.717) is 29.3 Å². The predicted molar refractivity (Wildman–Crippen MR) is 114 cm³/mol. The molecule has 7 heteroatoms. The second-order valence-corrected chi connectivity index (χ2v) is 7.29. The van der Waals surface area contributed by atoms with E-state index in [0.717, 1.165) is 50.4 Å². The number of benzene rings is 1. The van der Waals surface area contributed by atoms with Gasteiger partial charge in [-0.25, -0.2) is 0 Å². The summed E-state index contributed by atoms with van der Waals surface area (Å²) < 4.78 is 16.4. The first-order valence-corrected chi connectivity index (χ1v) is 10.0. The molecule has 7 nitrogen and oxygen atoms in total. The zero-order valence-electron chi connectivity index (χ0n) is 18.2. The highest BCUT2D eigenvalue weighted by Gasteiger charge is 2.21. The Morgan fingerprint density at radius 1 is 1.11 bits per heavy atom. The van der Waals surface area contributed by atoms with E-state index in [4.69, 9.17) is 14.2 Å². The minimum Gasteiger partial charge on any atom is -0.493 e. The van der Waals surface area contributed by atoms with Gasteiger partial charge in [-0.1, -0.05) is 6.07 Å².